The van der Waals surface area contributed by atoms with Crippen LogP contribution >= 0.6 is 0 Å². The number of halogens is 2. The normalized spacial score (nSPS) is 17.6. The smallest absolute Gasteiger partial charge is 0.259 e. The number of aromatic nitrogens is 1. The number of aliphatic hydroxyl groups excluding tert-OH is 1. The number of carbonyl (C=O) groups is 2. The topological polar surface area (TPSA) is 83.0 Å². The molecule has 4 rings (SSSR count). The van der Waals surface area contributed by atoms with E-state index in [-0.39, 0.29) is 54.3 Å². The van der Waals surface area contributed by atoms with Crippen molar-refractivity contribution in [1.82, 2.24) is 14.8 Å². The molecule has 0 aliphatic carbocycles. The maximum Gasteiger partial charge on any atom is 0.259 e. The zero-order valence-corrected chi connectivity index (χ0v) is 21.9. The monoisotopic (exact) mass is 533 g/mol. The van der Waals surface area contributed by atoms with Crippen LogP contribution in [0, 0.1) is 29.4 Å². The van der Waals surface area contributed by atoms with Gasteiger partial charge in [-0.1, -0.05) is 30.9 Å². The van der Waals surface area contributed by atoms with Gasteiger partial charge in [0.2, 0.25) is 5.88 Å². The van der Waals surface area contributed by atoms with Gasteiger partial charge in [-0.25, -0.2) is 13.8 Å². The number of carbonyl (C=O) groups excluding carboxylic acids is 2. The summed E-state index contributed by atoms with van der Waals surface area (Å²) in [6, 6.07) is 12.6. The molecule has 0 saturated carbocycles. The Balaban J connectivity index is 1.65. The third-order valence-corrected chi connectivity index (χ3v) is 6.62. The van der Waals surface area contributed by atoms with Gasteiger partial charge in [0.1, 0.15) is 23.3 Å². The van der Waals surface area contributed by atoms with Gasteiger partial charge in [0.25, 0.3) is 11.8 Å². The van der Waals surface area contributed by atoms with E-state index in [9.17, 15) is 23.5 Å². The first kappa shape index (κ1) is 27.7. The van der Waals surface area contributed by atoms with Crippen LogP contribution in [0.3, 0.4) is 0 Å². The summed E-state index contributed by atoms with van der Waals surface area (Å²) < 4.78 is 33.6. The predicted molar refractivity (Wildman–Crippen MR) is 141 cm³/mol. The third-order valence-electron chi connectivity index (χ3n) is 6.62. The van der Waals surface area contributed by atoms with Crippen molar-refractivity contribution in [1.29, 1.82) is 0 Å². The van der Waals surface area contributed by atoms with E-state index >= 15 is 0 Å². The Morgan fingerprint density at radius 2 is 1.87 bits per heavy atom. The largest absolute Gasteiger partial charge is 0.472 e. The number of aliphatic hydroxyl groups is 1. The molecular formula is C30H29F2N3O4. The second-order valence-electron chi connectivity index (χ2n) is 9.62. The highest BCUT2D eigenvalue weighted by Crippen LogP contribution is 2.27. The molecule has 0 unspecified atom stereocenters. The second kappa shape index (κ2) is 12.0. The number of likely N-dealkylation sites (N-methyl/N-ethyl adjacent to an activating group) is 1. The van der Waals surface area contributed by atoms with Crippen LogP contribution in [0.2, 0.25) is 0 Å². The Hall–Kier alpha value is -4.29. The van der Waals surface area contributed by atoms with Gasteiger partial charge in [0.05, 0.1) is 24.8 Å². The van der Waals surface area contributed by atoms with Gasteiger partial charge in [-0.15, -0.1) is 0 Å². The van der Waals surface area contributed by atoms with Gasteiger partial charge >= 0.3 is 0 Å². The number of benzene rings is 2. The molecular weight excluding hydrogens is 504 g/mol. The maximum atomic E-state index is 14.2. The standard InChI is InChI=1S/C30H29F2N3O4/c1-19-16-35(20(2)18-36)30(38)25-14-22(9-8-21-10-12-23(31)13-11-21)15-33-28(25)39-27(19)17-34(3)29(37)24-6-4-5-7-26(24)32/h4-7,10-15,19-20,27,36H,16-18H2,1-3H3/t19-,20-,27+/m1/s1. The first-order chi connectivity index (χ1) is 18.7. The van der Waals surface area contributed by atoms with E-state index in [1.807, 2.05) is 6.92 Å². The number of amides is 2. The van der Waals surface area contributed by atoms with E-state index in [2.05, 4.69) is 16.8 Å². The molecule has 0 saturated heterocycles. The molecule has 0 radical (unpaired) electrons. The molecule has 1 aliphatic heterocycles. The van der Waals surface area contributed by atoms with Crippen LogP contribution in [0.15, 0.2) is 60.8 Å². The van der Waals surface area contributed by atoms with E-state index in [0.717, 1.165) is 0 Å². The molecule has 0 bridgehead atoms. The van der Waals surface area contributed by atoms with Gasteiger partial charge in [-0.2, -0.15) is 0 Å². The van der Waals surface area contributed by atoms with Crippen LogP contribution in [-0.4, -0.2) is 70.6 Å². The minimum absolute atomic E-state index is 0.0490. The molecule has 1 N–H and O–H groups in total. The number of rotatable bonds is 5. The molecule has 0 spiro atoms. The predicted octanol–water partition coefficient (Wildman–Crippen LogP) is 3.75. The van der Waals surface area contributed by atoms with Crippen molar-refractivity contribution in [2.24, 2.45) is 5.92 Å². The van der Waals surface area contributed by atoms with Crippen molar-refractivity contribution in [3.05, 3.63) is 94.7 Å². The molecule has 0 fully saturated rings. The number of hydrogen-bond acceptors (Lipinski definition) is 5. The van der Waals surface area contributed by atoms with Crippen LogP contribution < -0.4 is 4.74 Å². The molecule has 9 heteroatoms. The van der Waals surface area contributed by atoms with Crippen LogP contribution in [0.4, 0.5) is 8.78 Å². The van der Waals surface area contributed by atoms with Crippen LogP contribution in [0.5, 0.6) is 5.88 Å². The number of hydrogen-bond donors (Lipinski definition) is 1. The minimum Gasteiger partial charge on any atom is -0.472 e. The van der Waals surface area contributed by atoms with Crippen molar-refractivity contribution in [2.75, 3.05) is 26.7 Å². The minimum atomic E-state index is -0.615. The zero-order chi connectivity index (χ0) is 28.1. The first-order valence-electron chi connectivity index (χ1n) is 12.5. The Morgan fingerprint density at radius 3 is 2.56 bits per heavy atom. The molecule has 2 amide bonds. The summed E-state index contributed by atoms with van der Waals surface area (Å²) in [5, 5.41) is 9.84. The fourth-order valence-corrected chi connectivity index (χ4v) is 4.26. The second-order valence-corrected chi connectivity index (χ2v) is 9.62. The lowest BCUT2D eigenvalue weighted by atomic mass is 9.99. The molecule has 3 aromatic rings. The van der Waals surface area contributed by atoms with Gasteiger partial charge in [0.15, 0.2) is 0 Å². The van der Waals surface area contributed by atoms with Gasteiger partial charge in [-0.3, -0.25) is 9.59 Å². The van der Waals surface area contributed by atoms with Crippen molar-refractivity contribution < 1.29 is 28.2 Å². The Kier molecular flexibility index (Phi) is 8.57. The number of ether oxygens (including phenoxy) is 1. The van der Waals surface area contributed by atoms with Gasteiger partial charge < -0.3 is 19.6 Å². The van der Waals surface area contributed by atoms with Crippen molar-refractivity contribution in [2.45, 2.75) is 26.0 Å². The van der Waals surface area contributed by atoms with E-state index in [0.29, 0.717) is 11.1 Å². The van der Waals surface area contributed by atoms with Gasteiger partial charge in [-0.05, 0) is 49.4 Å². The molecule has 3 atom stereocenters. The highest BCUT2D eigenvalue weighted by molar-refractivity contribution is 5.97. The molecule has 1 aromatic heterocycles. The Bertz CT molecular complexity index is 1420. The summed E-state index contributed by atoms with van der Waals surface area (Å²) >= 11 is 0. The van der Waals surface area contributed by atoms with Crippen molar-refractivity contribution in [3.8, 4) is 17.7 Å². The van der Waals surface area contributed by atoms with E-state index in [1.165, 1.54) is 41.4 Å². The van der Waals surface area contributed by atoms with E-state index < -0.39 is 23.9 Å². The lowest BCUT2D eigenvalue weighted by Gasteiger charge is -2.37. The lowest BCUT2D eigenvalue weighted by Crippen LogP contribution is -2.50. The fourth-order valence-electron chi connectivity index (χ4n) is 4.26. The molecule has 1 aliphatic rings. The summed E-state index contributed by atoms with van der Waals surface area (Å²) in [6.07, 6.45) is 0.884. The highest BCUT2D eigenvalue weighted by Gasteiger charge is 2.35. The lowest BCUT2D eigenvalue weighted by molar-refractivity contribution is 0.0312. The van der Waals surface area contributed by atoms with Crippen LogP contribution in [0.25, 0.3) is 0 Å². The Labute approximate surface area is 226 Å². The number of nitrogens with zero attached hydrogens (tertiary/aromatic N) is 3. The third kappa shape index (κ3) is 6.41. The van der Waals surface area contributed by atoms with Crippen LogP contribution in [-0.2, 0) is 0 Å². The van der Waals surface area contributed by atoms with Crippen molar-refractivity contribution >= 4 is 11.8 Å². The van der Waals surface area contributed by atoms with E-state index in [1.54, 1.807) is 43.1 Å². The van der Waals surface area contributed by atoms with Crippen molar-refractivity contribution in [3.63, 3.8) is 0 Å². The summed E-state index contributed by atoms with van der Waals surface area (Å²) in [6.45, 7) is 3.72. The van der Waals surface area contributed by atoms with Crippen LogP contribution in [0.1, 0.15) is 45.7 Å². The van der Waals surface area contributed by atoms with E-state index in [4.69, 9.17) is 4.74 Å². The Morgan fingerprint density at radius 1 is 1.18 bits per heavy atom. The summed E-state index contributed by atoms with van der Waals surface area (Å²) in [4.78, 5) is 33.8. The SMILES string of the molecule is C[C@@H]1CN([C@H](C)CO)C(=O)c2cc(C#Cc3ccc(F)cc3)cnc2O[C@H]1CN(C)C(=O)c1ccccc1F. The summed E-state index contributed by atoms with van der Waals surface area (Å²) in [5.41, 5.74) is 1.16. The maximum absolute atomic E-state index is 14.2. The zero-order valence-electron chi connectivity index (χ0n) is 21.9. The summed E-state index contributed by atoms with van der Waals surface area (Å²) in [5.74, 6) is 3.82. The highest BCUT2D eigenvalue weighted by atomic mass is 19.1. The average molecular weight is 534 g/mol. The van der Waals surface area contributed by atoms with Gasteiger partial charge in [0, 0.05) is 36.8 Å². The number of fused-ring (bicyclic) bond motifs is 1. The number of pyridine rings is 1. The quantitative estimate of drug-likeness (QED) is 0.506. The molecule has 202 valence electrons. The molecule has 2 heterocycles. The molecule has 2 aromatic carbocycles. The first-order valence-corrected chi connectivity index (χ1v) is 12.5. The fraction of sp³-hybridized carbons (Fsp3) is 0.300. The molecule has 39 heavy (non-hydrogen) atoms. The molecule has 7 nitrogen and oxygen atoms in total. The average Bonchev–Trinajstić information content (AvgIpc) is 2.94. The summed E-state index contributed by atoms with van der Waals surface area (Å²) in [7, 11) is 1.56.